The molecule has 134 valence electrons. The molecule has 0 bridgehead atoms. The largest absolute Gasteiger partial charge is 0.242 e. The van der Waals surface area contributed by atoms with Crippen molar-refractivity contribution in [2.45, 2.75) is 65.2 Å². The lowest BCUT2D eigenvalue weighted by atomic mass is 9.80. The number of aryl methyl sites for hydroxylation is 4. The van der Waals surface area contributed by atoms with E-state index in [0.29, 0.717) is 0 Å². The Labute approximate surface area is 160 Å². The summed E-state index contributed by atoms with van der Waals surface area (Å²) in [6.07, 6.45) is 10.1. The van der Waals surface area contributed by atoms with Gasteiger partial charge in [0.15, 0.2) is 0 Å². The maximum absolute atomic E-state index is 5.21. The van der Waals surface area contributed by atoms with Gasteiger partial charge in [-0.05, 0) is 80.0 Å². The first-order valence-corrected chi connectivity index (χ1v) is 11.1. The molecule has 0 radical (unpaired) electrons. The van der Waals surface area contributed by atoms with Gasteiger partial charge < -0.3 is 0 Å². The molecule has 0 fully saturated rings. The lowest BCUT2D eigenvalue weighted by molar-refractivity contribution is 0.441. The van der Waals surface area contributed by atoms with Crippen LogP contribution in [0.5, 0.6) is 0 Å². The van der Waals surface area contributed by atoms with Crippen LogP contribution in [0.25, 0.3) is 21.3 Å². The predicted octanol–water partition coefficient (Wildman–Crippen LogP) is 6.67. The molecule has 2 heteroatoms. The van der Waals surface area contributed by atoms with Crippen LogP contribution in [0.1, 0.15) is 59.9 Å². The fraction of sp³-hybridized carbons (Fsp3) is 0.458. The number of thiophene rings is 1. The first-order chi connectivity index (χ1) is 12.7. The molecule has 2 aliphatic rings. The van der Waals surface area contributed by atoms with Crippen LogP contribution >= 0.6 is 11.3 Å². The van der Waals surface area contributed by atoms with E-state index in [1.54, 1.807) is 16.0 Å². The Kier molecular flexibility index (Phi) is 4.12. The molecule has 0 N–H and O–H groups in total. The van der Waals surface area contributed by atoms with Crippen LogP contribution < -0.4 is 0 Å². The van der Waals surface area contributed by atoms with Gasteiger partial charge in [0.25, 0.3) is 0 Å². The summed E-state index contributed by atoms with van der Waals surface area (Å²) >= 11 is 1.98. The van der Waals surface area contributed by atoms with Gasteiger partial charge in [-0.2, -0.15) is 0 Å². The number of nitrogens with zero attached hydrogens (tertiary/aromatic N) is 1. The molecule has 2 heterocycles. The highest BCUT2D eigenvalue weighted by Gasteiger charge is 2.27. The van der Waals surface area contributed by atoms with Crippen LogP contribution in [0.2, 0.25) is 0 Å². The van der Waals surface area contributed by atoms with Gasteiger partial charge in [0, 0.05) is 16.0 Å². The number of hydrogen-bond donors (Lipinski definition) is 0. The SMILES string of the molecule is CC[C@@H]1CCc2nc3sc4c(c3c(-c3ccc(C)cc3)c2C1)CCCC4. The number of rotatable bonds is 2. The lowest BCUT2D eigenvalue weighted by Gasteiger charge is -2.26. The predicted molar refractivity (Wildman–Crippen MR) is 112 cm³/mol. The quantitative estimate of drug-likeness (QED) is 0.497. The minimum atomic E-state index is 0.820. The second-order valence-electron chi connectivity index (χ2n) is 8.19. The number of benzene rings is 1. The first-order valence-electron chi connectivity index (χ1n) is 10.3. The van der Waals surface area contributed by atoms with Crippen LogP contribution in [0.3, 0.4) is 0 Å². The monoisotopic (exact) mass is 361 g/mol. The highest BCUT2D eigenvalue weighted by Crippen LogP contribution is 2.45. The lowest BCUT2D eigenvalue weighted by Crippen LogP contribution is -2.16. The molecule has 0 amide bonds. The Balaban J connectivity index is 1.82. The summed E-state index contributed by atoms with van der Waals surface area (Å²) in [5.41, 5.74) is 8.85. The third kappa shape index (κ3) is 2.62. The van der Waals surface area contributed by atoms with Crippen molar-refractivity contribution >= 4 is 21.6 Å². The summed E-state index contributed by atoms with van der Waals surface area (Å²) in [6, 6.07) is 9.22. The zero-order chi connectivity index (χ0) is 17.7. The molecule has 26 heavy (non-hydrogen) atoms. The first kappa shape index (κ1) is 16.5. The van der Waals surface area contributed by atoms with Crippen LogP contribution in [0.15, 0.2) is 24.3 Å². The highest BCUT2D eigenvalue weighted by molar-refractivity contribution is 7.19. The van der Waals surface area contributed by atoms with Crippen molar-refractivity contribution in [3.8, 4) is 11.1 Å². The van der Waals surface area contributed by atoms with Gasteiger partial charge in [-0.25, -0.2) is 4.98 Å². The smallest absolute Gasteiger partial charge is 0.124 e. The third-order valence-corrected chi connectivity index (χ3v) is 7.67. The van der Waals surface area contributed by atoms with E-state index in [9.17, 15) is 0 Å². The molecule has 2 aliphatic carbocycles. The molecule has 2 aromatic heterocycles. The van der Waals surface area contributed by atoms with E-state index < -0.39 is 0 Å². The summed E-state index contributed by atoms with van der Waals surface area (Å²) in [4.78, 5) is 8.13. The van der Waals surface area contributed by atoms with E-state index in [2.05, 4.69) is 38.1 Å². The van der Waals surface area contributed by atoms with E-state index in [1.807, 2.05) is 11.3 Å². The molecule has 3 aromatic rings. The van der Waals surface area contributed by atoms with Gasteiger partial charge in [0.05, 0.1) is 0 Å². The van der Waals surface area contributed by atoms with Crippen molar-refractivity contribution in [1.82, 2.24) is 4.98 Å². The topological polar surface area (TPSA) is 12.9 Å². The second-order valence-corrected chi connectivity index (χ2v) is 9.27. The van der Waals surface area contributed by atoms with E-state index in [4.69, 9.17) is 4.98 Å². The standard InChI is InChI=1S/C24H27NS/c1-3-16-10-13-20-19(14-16)22(17-11-8-15(2)9-12-17)23-18-6-4-5-7-21(18)26-24(23)25-20/h8-9,11-12,16H,3-7,10,13-14H2,1-2H3/t16-/m1/s1. The van der Waals surface area contributed by atoms with Gasteiger partial charge >= 0.3 is 0 Å². The minimum Gasteiger partial charge on any atom is -0.242 e. The fourth-order valence-electron chi connectivity index (χ4n) is 4.92. The molecular formula is C24H27NS. The van der Waals surface area contributed by atoms with Gasteiger partial charge in [0.1, 0.15) is 4.83 Å². The van der Waals surface area contributed by atoms with E-state index in [0.717, 1.165) is 12.3 Å². The van der Waals surface area contributed by atoms with E-state index >= 15 is 0 Å². The Morgan fingerprint density at radius 3 is 2.65 bits per heavy atom. The molecule has 0 saturated heterocycles. The average Bonchev–Trinajstić information content (AvgIpc) is 3.04. The van der Waals surface area contributed by atoms with Gasteiger partial charge in [-0.3, -0.25) is 0 Å². The highest BCUT2D eigenvalue weighted by atomic mass is 32.1. The van der Waals surface area contributed by atoms with Crippen LogP contribution in [-0.4, -0.2) is 4.98 Å². The zero-order valence-electron chi connectivity index (χ0n) is 15.9. The van der Waals surface area contributed by atoms with Crippen LogP contribution in [-0.2, 0) is 25.7 Å². The number of pyridine rings is 1. The van der Waals surface area contributed by atoms with Crippen LogP contribution in [0.4, 0.5) is 0 Å². The van der Waals surface area contributed by atoms with Crippen molar-refractivity contribution in [2.75, 3.05) is 0 Å². The molecule has 1 aromatic carbocycles. The molecule has 0 saturated carbocycles. The van der Waals surface area contributed by atoms with Gasteiger partial charge in [-0.1, -0.05) is 43.2 Å². The van der Waals surface area contributed by atoms with E-state index in [1.165, 1.54) is 77.5 Å². The summed E-state index contributed by atoms with van der Waals surface area (Å²) in [6.45, 7) is 4.53. The number of aromatic nitrogens is 1. The Morgan fingerprint density at radius 1 is 1.04 bits per heavy atom. The molecule has 0 aliphatic heterocycles. The molecule has 0 spiro atoms. The Hall–Kier alpha value is -1.67. The molecule has 0 unspecified atom stereocenters. The number of fused-ring (bicyclic) bond motifs is 4. The summed E-state index contributed by atoms with van der Waals surface area (Å²) < 4.78 is 0. The summed E-state index contributed by atoms with van der Waals surface area (Å²) in [5.74, 6) is 0.820. The van der Waals surface area contributed by atoms with Gasteiger partial charge in [-0.15, -0.1) is 11.3 Å². The molecule has 5 rings (SSSR count). The summed E-state index contributed by atoms with van der Waals surface area (Å²) in [5, 5.41) is 1.50. The van der Waals surface area contributed by atoms with Crippen molar-refractivity contribution in [3.05, 3.63) is 51.5 Å². The Morgan fingerprint density at radius 2 is 1.85 bits per heavy atom. The molecule has 1 nitrogen and oxygen atoms in total. The van der Waals surface area contributed by atoms with Crippen molar-refractivity contribution in [1.29, 1.82) is 0 Å². The van der Waals surface area contributed by atoms with Crippen molar-refractivity contribution in [3.63, 3.8) is 0 Å². The third-order valence-electron chi connectivity index (χ3n) is 6.49. The molecule has 1 atom stereocenters. The van der Waals surface area contributed by atoms with Crippen LogP contribution in [0, 0.1) is 12.8 Å². The minimum absolute atomic E-state index is 0.820. The van der Waals surface area contributed by atoms with E-state index in [-0.39, 0.29) is 0 Å². The Bertz CT molecular complexity index is 964. The summed E-state index contributed by atoms with van der Waals surface area (Å²) in [7, 11) is 0. The second kappa shape index (κ2) is 6.49. The zero-order valence-corrected chi connectivity index (χ0v) is 16.7. The maximum Gasteiger partial charge on any atom is 0.124 e. The normalized spacial score (nSPS) is 19.4. The number of hydrogen-bond acceptors (Lipinski definition) is 2. The van der Waals surface area contributed by atoms with Crippen molar-refractivity contribution < 1.29 is 0 Å². The average molecular weight is 362 g/mol. The van der Waals surface area contributed by atoms with Crippen molar-refractivity contribution in [2.24, 2.45) is 5.92 Å². The molecular weight excluding hydrogens is 334 g/mol. The fourth-order valence-corrected chi connectivity index (χ4v) is 6.21. The van der Waals surface area contributed by atoms with Gasteiger partial charge in [0.2, 0.25) is 0 Å². The maximum atomic E-state index is 5.21.